The molecule has 1 atom stereocenters. The van der Waals surface area contributed by atoms with Gasteiger partial charge in [-0.25, -0.2) is 0 Å². The van der Waals surface area contributed by atoms with Gasteiger partial charge in [-0.15, -0.1) is 0 Å². The minimum atomic E-state index is -0.453. The predicted octanol–water partition coefficient (Wildman–Crippen LogP) is 1.40. The summed E-state index contributed by atoms with van der Waals surface area (Å²) < 4.78 is 6.06. The number of piperazine rings is 1. The summed E-state index contributed by atoms with van der Waals surface area (Å²) >= 11 is 3.44. The van der Waals surface area contributed by atoms with Gasteiger partial charge >= 0.3 is 0 Å². The van der Waals surface area contributed by atoms with Crippen LogP contribution in [0.15, 0.2) is 22.7 Å². The number of benzene rings is 1. The number of rotatable bonds is 4. The Balaban J connectivity index is 1.99. The topological polar surface area (TPSA) is 44.7 Å². The fourth-order valence-corrected chi connectivity index (χ4v) is 2.69. The Morgan fingerprint density at radius 1 is 1.44 bits per heavy atom. The van der Waals surface area contributed by atoms with E-state index in [1.807, 2.05) is 18.2 Å². The van der Waals surface area contributed by atoms with Crippen molar-refractivity contribution in [3.63, 3.8) is 0 Å². The zero-order valence-corrected chi connectivity index (χ0v) is 12.1. The number of nitrogens with one attached hydrogen (secondary N) is 1. The van der Waals surface area contributed by atoms with Crippen molar-refractivity contribution in [2.45, 2.75) is 6.10 Å². The van der Waals surface area contributed by atoms with Crippen LogP contribution in [0, 0.1) is 0 Å². The molecule has 5 heteroatoms. The largest absolute Gasteiger partial charge is 0.496 e. The van der Waals surface area contributed by atoms with Gasteiger partial charge in [0, 0.05) is 32.7 Å². The van der Waals surface area contributed by atoms with E-state index in [-0.39, 0.29) is 0 Å². The van der Waals surface area contributed by atoms with E-state index in [0.717, 1.165) is 42.0 Å². The monoisotopic (exact) mass is 314 g/mol. The second kappa shape index (κ2) is 6.52. The molecule has 0 radical (unpaired) electrons. The molecule has 0 aromatic heterocycles. The molecular weight excluding hydrogens is 296 g/mol. The van der Waals surface area contributed by atoms with Gasteiger partial charge in [0.1, 0.15) is 5.75 Å². The fourth-order valence-electron chi connectivity index (χ4n) is 2.13. The van der Waals surface area contributed by atoms with Crippen molar-refractivity contribution >= 4 is 15.9 Å². The number of hydrogen-bond acceptors (Lipinski definition) is 4. The van der Waals surface area contributed by atoms with Crippen LogP contribution in [0.4, 0.5) is 0 Å². The first-order chi connectivity index (χ1) is 8.70. The van der Waals surface area contributed by atoms with Crippen LogP contribution in [-0.2, 0) is 0 Å². The third kappa shape index (κ3) is 3.45. The van der Waals surface area contributed by atoms with E-state index >= 15 is 0 Å². The number of aliphatic hydroxyl groups excluding tert-OH is 1. The minimum Gasteiger partial charge on any atom is -0.496 e. The fraction of sp³-hybridized carbons (Fsp3) is 0.538. The molecule has 1 saturated heterocycles. The van der Waals surface area contributed by atoms with E-state index in [1.54, 1.807) is 7.11 Å². The maximum absolute atomic E-state index is 10.2. The van der Waals surface area contributed by atoms with Crippen LogP contribution in [0.25, 0.3) is 0 Å². The number of nitrogens with zero attached hydrogens (tertiary/aromatic N) is 1. The number of ether oxygens (including phenoxy) is 1. The predicted molar refractivity (Wildman–Crippen MR) is 75.0 cm³/mol. The van der Waals surface area contributed by atoms with E-state index in [4.69, 9.17) is 4.74 Å². The Morgan fingerprint density at radius 2 is 2.17 bits per heavy atom. The van der Waals surface area contributed by atoms with Gasteiger partial charge in [0.2, 0.25) is 0 Å². The van der Waals surface area contributed by atoms with Gasteiger partial charge in [-0.2, -0.15) is 0 Å². The standard InChI is InChI=1S/C13H19BrN2O2/c1-18-13-3-2-10(8-11(13)14)12(17)9-16-6-4-15-5-7-16/h2-3,8,12,15,17H,4-7,9H2,1H3. The van der Waals surface area contributed by atoms with Crippen molar-refractivity contribution in [3.8, 4) is 5.75 Å². The van der Waals surface area contributed by atoms with Crippen molar-refractivity contribution in [3.05, 3.63) is 28.2 Å². The lowest BCUT2D eigenvalue weighted by atomic mass is 10.1. The summed E-state index contributed by atoms with van der Waals surface area (Å²) in [6.07, 6.45) is -0.453. The van der Waals surface area contributed by atoms with Crippen molar-refractivity contribution in [2.75, 3.05) is 39.8 Å². The summed E-state index contributed by atoms with van der Waals surface area (Å²) in [5.41, 5.74) is 0.918. The highest BCUT2D eigenvalue weighted by molar-refractivity contribution is 9.10. The van der Waals surface area contributed by atoms with Crippen molar-refractivity contribution in [1.82, 2.24) is 10.2 Å². The Kier molecular flexibility index (Phi) is 5.00. The molecule has 4 nitrogen and oxygen atoms in total. The van der Waals surface area contributed by atoms with Gasteiger partial charge in [-0.3, -0.25) is 4.90 Å². The number of aliphatic hydroxyl groups is 1. The van der Waals surface area contributed by atoms with Gasteiger partial charge in [0.15, 0.2) is 0 Å². The van der Waals surface area contributed by atoms with E-state index in [1.165, 1.54) is 0 Å². The van der Waals surface area contributed by atoms with Crippen molar-refractivity contribution in [2.24, 2.45) is 0 Å². The Labute approximate surface area is 116 Å². The third-order valence-corrected chi connectivity index (χ3v) is 3.82. The second-order valence-electron chi connectivity index (χ2n) is 4.46. The van der Waals surface area contributed by atoms with Gasteiger partial charge in [0.05, 0.1) is 17.7 Å². The summed E-state index contributed by atoms with van der Waals surface area (Å²) in [6, 6.07) is 5.71. The minimum absolute atomic E-state index is 0.453. The molecule has 2 N–H and O–H groups in total. The molecule has 100 valence electrons. The molecule has 1 aliphatic rings. The number of hydrogen-bond donors (Lipinski definition) is 2. The molecule has 1 fully saturated rings. The summed E-state index contributed by atoms with van der Waals surface area (Å²) in [5.74, 6) is 0.785. The molecule has 1 unspecified atom stereocenters. The first-order valence-electron chi connectivity index (χ1n) is 6.15. The van der Waals surface area contributed by atoms with Crippen LogP contribution in [-0.4, -0.2) is 49.8 Å². The molecule has 18 heavy (non-hydrogen) atoms. The molecule has 1 aliphatic heterocycles. The summed E-state index contributed by atoms with van der Waals surface area (Å²) in [6.45, 7) is 4.67. The number of halogens is 1. The highest BCUT2D eigenvalue weighted by Crippen LogP contribution is 2.28. The molecule has 0 amide bonds. The molecule has 1 aromatic carbocycles. The average molecular weight is 315 g/mol. The molecule has 1 aromatic rings. The van der Waals surface area contributed by atoms with E-state index < -0.39 is 6.10 Å². The highest BCUT2D eigenvalue weighted by Gasteiger charge is 2.16. The third-order valence-electron chi connectivity index (χ3n) is 3.20. The van der Waals surface area contributed by atoms with Crippen LogP contribution in [0.2, 0.25) is 0 Å². The average Bonchev–Trinajstić information content (AvgIpc) is 2.39. The van der Waals surface area contributed by atoms with Crippen molar-refractivity contribution in [1.29, 1.82) is 0 Å². The second-order valence-corrected chi connectivity index (χ2v) is 5.31. The van der Waals surface area contributed by atoms with Crippen LogP contribution in [0.3, 0.4) is 0 Å². The summed E-state index contributed by atoms with van der Waals surface area (Å²) in [5, 5.41) is 13.5. The van der Waals surface area contributed by atoms with Crippen LogP contribution < -0.4 is 10.1 Å². The van der Waals surface area contributed by atoms with Crippen LogP contribution in [0.1, 0.15) is 11.7 Å². The smallest absolute Gasteiger partial charge is 0.133 e. The lowest BCUT2D eigenvalue weighted by molar-refractivity contribution is 0.105. The Morgan fingerprint density at radius 3 is 2.78 bits per heavy atom. The van der Waals surface area contributed by atoms with E-state index in [2.05, 4.69) is 26.1 Å². The van der Waals surface area contributed by atoms with E-state index in [9.17, 15) is 5.11 Å². The molecule has 1 heterocycles. The first kappa shape index (κ1) is 13.8. The van der Waals surface area contributed by atoms with Gasteiger partial charge < -0.3 is 15.2 Å². The van der Waals surface area contributed by atoms with Gasteiger partial charge in [-0.05, 0) is 33.6 Å². The highest BCUT2D eigenvalue weighted by atomic mass is 79.9. The molecule has 0 saturated carbocycles. The van der Waals surface area contributed by atoms with E-state index in [0.29, 0.717) is 6.54 Å². The van der Waals surface area contributed by atoms with Crippen LogP contribution >= 0.6 is 15.9 Å². The van der Waals surface area contributed by atoms with Crippen molar-refractivity contribution < 1.29 is 9.84 Å². The maximum Gasteiger partial charge on any atom is 0.133 e. The number of β-amino-alcohol motifs (C(OH)–C–C–N with tert-alkyl or cyclic N) is 1. The lowest BCUT2D eigenvalue weighted by Crippen LogP contribution is -2.44. The first-order valence-corrected chi connectivity index (χ1v) is 6.94. The molecule has 2 rings (SSSR count). The maximum atomic E-state index is 10.2. The normalized spacial score (nSPS) is 18.6. The molecular formula is C13H19BrN2O2. The Bertz CT molecular complexity index is 395. The molecule has 0 bridgehead atoms. The lowest BCUT2D eigenvalue weighted by Gasteiger charge is -2.29. The van der Waals surface area contributed by atoms with Gasteiger partial charge in [0.25, 0.3) is 0 Å². The molecule has 0 spiro atoms. The van der Waals surface area contributed by atoms with Crippen LogP contribution in [0.5, 0.6) is 5.75 Å². The summed E-state index contributed by atoms with van der Waals surface area (Å²) in [4.78, 5) is 2.28. The van der Waals surface area contributed by atoms with Gasteiger partial charge in [-0.1, -0.05) is 6.07 Å². The Hall–Kier alpha value is -0.620. The SMILES string of the molecule is COc1ccc(C(O)CN2CCNCC2)cc1Br. The molecule has 0 aliphatic carbocycles. The quantitative estimate of drug-likeness (QED) is 0.881. The zero-order chi connectivity index (χ0) is 13.0. The number of methoxy groups -OCH3 is 1. The zero-order valence-electron chi connectivity index (χ0n) is 10.5. The summed E-state index contributed by atoms with van der Waals surface area (Å²) in [7, 11) is 1.64.